The zero-order valence-electron chi connectivity index (χ0n) is 37.2. The largest absolute Gasteiger partial charge is 0.398 e. The van der Waals surface area contributed by atoms with Crippen molar-refractivity contribution in [2.24, 2.45) is 0 Å². The minimum atomic E-state index is -0.261. The van der Waals surface area contributed by atoms with E-state index in [1.807, 2.05) is 132 Å². The first-order chi connectivity index (χ1) is 30.7. The monoisotopic (exact) mass is 939 g/mol. The predicted molar refractivity (Wildman–Crippen MR) is 274 cm³/mol. The minimum absolute atomic E-state index is 0.240. The lowest BCUT2D eigenvalue weighted by Gasteiger charge is -2.26. The number of aryl methyl sites for hydroxylation is 1. The van der Waals surface area contributed by atoms with Gasteiger partial charge in [0.05, 0.1) is 24.5 Å². The molecule has 0 aliphatic rings. The van der Waals surface area contributed by atoms with Crippen molar-refractivity contribution in [1.82, 2.24) is 0 Å². The highest BCUT2D eigenvalue weighted by atomic mass is 35.5. The molecule has 7 N–H and O–H groups in total. The van der Waals surface area contributed by atoms with Crippen molar-refractivity contribution in [3.8, 4) is 0 Å². The molecule has 0 saturated heterocycles. The highest BCUT2D eigenvalue weighted by Gasteiger charge is 2.23. The highest BCUT2D eigenvalue weighted by Crippen LogP contribution is 2.36. The smallest absolute Gasteiger partial charge is 0.326 e. The van der Waals surface area contributed by atoms with E-state index in [1.165, 1.54) is 5.56 Å². The van der Waals surface area contributed by atoms with Crippen molar-refractivity contribution in [3.05, 3.63) is 168 Å². The number of hydrogen-bond acceptors (Lipinski definition) is 5. The van der Waals surface area contributed by atoms with Crippen LogP contribution in [0.3, 0.4) is 0 Å². The fourth-order valence-electron chi connectivity index (χ4n) is 7.44. The van der Waals surface area contributed by atoms with Crippen LogP contribution in [0.15, 0.2) is 109 Å². The van der Waals surface area contributed by atoms with E-state index < -0.39 is 0 Å². The summed E-state index contributed by atoms with van der Waals surface area (Å²) >= 11 is 25.0. The molecule has 0 aromatic heterocycles. The third kappa shape index (κ3) is 12.4. The Hall–Kier alpha value is -5.58. The quantitative estimate of drug-likeness (QED) is 0.0695. The van der Waals surface area contributed by atoms with Crippen LogP contribution < -0.4 is 37.2 Å². The van der Waals surface area contributed by atoms with E-state index in [1.54, 1.807) is 21.9 Å². The summed E-state index contributed by atoms with van der Waals surface area (Å²) in [6.07, 6.45) is 3.67. The van der Waals surface area contributed by atoms with Crippen molar-refractivity contribution in [2.75, 3.05) is 44.3 Å². The number of nitrogens with zero attached hydrogens (tertiary/aromatic N) is 2. The predicted octanol–water partition coefficient (Wildman–Crippen LogP) is 14.5. The first-order valence-corrected chi connectivity index (χ1v) is 23.0. The number of hydrogen-bond donors (Lipinski definition) is 5. The molecule has 0 fully saturated rings. The number of anilines is 7. The van der Waals surface area contributed by atoms with Gasteiger partial charge < -0.3 is 27.4 Å². The van der Waals surface area contributed by atoms with Crippen molar-refractivity contribution in [1.29, 1.82) is 0 Å². The van der Waals surface area contributed by atoms with Gasteiger partial charge >= 0.3 is 12.1 Å². The Kier molecular flexibility index (Phi) is 18.1. The Labute approximate surface area is 398 Å². The fraction of sp³-hybridized carbons (Fsp3) is 0.255. The van der Waals surface area contributed by atoms with Crippen LogP contribution in [-0.4, -0.2) is 19.1 Å². The third-order valence-corrected chi connectivity index (χ3v) is 12.2. The van der Waals surface area contributed by atoms with Gasteiger partial charge in [-0.15, -0.1) is 0 Å². The lowest BCUT2D eigenvalue weighted by Crippen LogP contribution is -2.35. The molecule has 9 nitrogen and oxygen atoms in total. The minimum Gasteiger partial charge on any atom is -0.398 e. The number of halogens is 4. The van der Waals surface area contributed by atoms with Crippen LogP contribution in [0.2, 0.25) is 20.1 Å². The maximum atomic E-state index is 13.6. The zero-order valence-corrected chi connectivity index (χ0v) is 40.2. The molecule has 6 aromatic rings. The molecule has 6 aromatic carbocycles. The van der Waals surface area contributed by atoms with Gasteiger partial charge in [-0.05, 0) is 144 Å². The second-order valence-electron chi connectivity index (χ2n) is 15.1. The van der Waals surface area contributed by atoms with Crippen LogP contribution in [0.4, 0.5) is 49.4 Å². The number of nitrogens with two attached hydrogens (primary N) is 2. The fourth-order valence-corrected chi connectivity index (χ4v) is 8.39. The second kappa shape index (κ2) is 23.4. The molecule has 0 unspecified atom stereocenters. The standard InChI is InChI=1S/C26H29Cl2N3O.C25H28Cl2N4O/c1-4-17-9-13-20(14-10-17)31(16-18-7-11-19(27)12-8-18)26(32)30-25-21(5-2)23(28)15-24(29)22(25)6-3;1-4-20-22(27)14-23(28)21(5-2)24(20)30-25(32)31(15-16-6-8-17(26)9-7-16)19-12-10-18(29-3)11-13-19/h7-15H,4-6,16,29H2,1-3H3,(H,30,32);6-14,29H,4-5,15,28H2,1-3H3,(H,30,32). The lowest BCUT2D eigenvalue weighted by atomic mass is 10.0. The Morgan fingerprint density at radius 3 is 1.16 bits per heavy atom. The SMILES string of the molecule is CCc1c(N)cc(Cl)c(CC)c1NC(=O)N(Cc1ccc(Cl)cc1)c1ccc(NC)cc1.CCc1ccc(N(Cc2ccc(Cl)cc2)C(=O)Nc2c(CC)c(N)cc(Cl)c2CC)cc1. The van der Waals surface area contributed by atoms with Gasteiger partial charge in [0.1, 0.15) is 0 Å². The summed E-state index contributed by atoms with van der Waals surface area (Å²) in [5.41, 5.74) is 24.2. The number of nitrogen functional groups attached to an aromatic ring is 2. The van der Waals surface area contributed by atoms with Crippen LogP contribution in [0, 0.1) is 0 Å². The number of rotatable bonds is 14. The van der Waals surface area contributed by atoms with E-state index in [9.17, 15) is 9.59 Å². The maximum Gasteiger partial charge on any atom is 0.326 e. The Bertz CT molecular complexity index is 2280. The molecule has 0 spiro atoms. The van der Waals surface area contributed by atoms with Gasteiger partial charge in [-0.3, -0.25) is 9.80 Å². The van der Waals surface area contributed by atoms with Crippen molar-refractivity contribution < 1.29 is 9.59 Å². The Morgan fingerprint density at radius 2 is 0.828 bits per heavy atom. The van der Waals surface area contributed by atoms with Gasteiger partial charge in [0.25, 0.3) is 0 Å². The summed E-state index contributed by atoms with van der Waals surface area (Å²) in [5, 5.41) is 11.7. The number of amides is 4. The van der Waals surface area contributed by atoms with E-state index in [2.05, 4.69) is 22.9 Å². The van der Waals surface area contributed by atoms with Crippen molar-refractivity contribution >= 4 is 98.3 Å². The van der Waals surface area contributed by atoms with E-state index >= 15 is 0 Å². The molecule has 6 rings (SSSR count). The molecule has 0 aliphatic carbocycles. The van der Waals surface area contributed by atoms with E-state index in [-0.39, 0.29) is 12.1 Å². The molecule has 0 atom stereocenters. The molecule has 0 aliphatic heterocycles. The maximum absolute atomic E-state index is 13.6. The summed E-state index contributed by atoms with van der Waals surface area (Å²) in [4.78, 5) is 30.6. The summed E-state index contributed by atoms with van der Waals surface area (Å²) in [6, 6.07) is 33.7. The van der Waals surface area contributed by atoms with E-state index in [4.69, 9.17) is 57.9 Å². The Morgan fingerprint density at radius 1 is 0.484 bits per heavy atom. The summed E-state index contributed by atoms with van der Waals surface area (Å²) < 4.78 is 0. The normalized spacial score (nSPS) is 10.7. The van der Waals surface area contributed by atoms with Crippen LogP contribution in [-0.2, 0) is 45.2 Å². The number of carbonyl (C=O) groups is 2. The number of benzene rings is 6. The molecule has 336 valence electrons. The van der Waals surface area contributed by atoms with Crippen molar-refractivity contribution in [3.63, 3.8) is 0 Å². The van der Waals surface area contributed by atoms with Crippen LogP contribution in [0.1, 0.15) is 73.6 Å². The zero-order chi connectivity index (χ0) is 46.5. The van der Waals surface area contributed by atoms with E-state index in [0.29, 0.717) is 81.6 Å². The number of nitrogens with one attached hydrogen (secondary N) is 3. The van der Waals surface area contributed by atoms with E-state index in [0.717, 1.165) is 56.9 Å². The summed E-state index contributed by atoms with van der Waals surface area (Å²) in [6.45, 7) is 10.9. The molecule has 4 amide bonds. The molecule has 13 heteroatoms. The van der Waals surface area contributed by atoms with Gasteiger partial charge in [0.15, 0.2) is 0 Å². The molecular weight excluding hydrogens is 884 g/mol. The highest BCUT2D eigenvalue weighted by molar-refractivity contribution is 6.33. The molecule has 0 radical (unpaired) electrons. The second-order valence-corrected chi connectivity index (χ2v) is 16.8. The summed E-state index contributed by atoms with van der Waals surface area (Å²) in [5.74, 6) is 0. The van der Waals surface area contributed by atoms with Crippen molar-refractivity contribution in [2.45, 2.75) is 79.8 Å². The first-order valence-electron chi connectivity index (χ1n) is 21.5. The van der Waals surface area contributed by atoms with Crippen LogP contribution in [0.25, 0.3) is 0 Å². The first kappa shape index (κ1) is 49.4. The Balaban J connectivity index is 0.000000241. The van der Waals surface area contributed by atoms with Gasteiger partial charge in [-0.1, -0.05) is 117 Å². The molecule has 0 bridgehead atoms. The third-order valence-electron chi connectivity index (χ3n) is 11.0. The number of urea groups is 2. The molecular formula is C51H57Cl4N7O2. The topological polar surface area (TPSA) is 129 Å². The van der Waals surface area contributed by atoms with Gasteiger partial charge in [0.2, 0.25) is 0 Å². The molecule has 0 heterocycles. The van der Waals surface area contributed by atoms with Crippen LogP contribution >= 0.6 is 46.4 Å². The van der Waals surface area contributed by atoms with Gasteiger partial charge in [-0.25, -0.2) is 9.59 Å². The lowest BCUT2D eigenvalue weighted by molar-refractivity contribution is 0.256. The molecule has 0 saturated carbocycles. The summed E-state index contributed by atoms with van der Waals surface area (Å²) in [7, 11) is 1.86. The van der Waals surface area contributed by atoms with Gasteiger partial charge in [0, 0.05) is 55.6 Å². The molecule has 64 heavy (non-hydrogen) atoms. The van der Waals surface area contributed by atoms with Crippen LogP contribution in [0.5, 0.6) is 0 Å². The number of carbonyl (C=O) groups excluding carboxylic acids is 2. The van der Waals surface area contributed by atoms with Gasteiger partial charge in [-0.2, -0.15) is 0 Å². The average Bonchev–Trinajstić information content (AvgIpc) is 3.29. The average molecular weight is 942 g/mol.